The fraction of sp³-hybridized carbons (Fsp3) is 1.00. The Labute approximate surface area is 166 Å². The lowest BCUT2D eigenvalue weighted by Gasteiger charge is -2.51. The van der Waals surface area contributed by atoms with E-state index in [0.717, 1.165) is 25.0 Å². The maximum Gasteiger partial charge on any atom is 0.264 e. The molecule has 0 amide bonds. The molecule has 0 bridgehead atoms. The standard InChI is InChI=1S/C12H24O12S4/c1-25(13,14)21-5-9-10(6-22-26(2,15)16)12(8-24-28(4,19)20)11(9)7-23-27(3,17)18/h9-12H,5-8H2,1-4H3. The second kappa shape index (κ2) is 9.20. The number of rotatable bonds is 12. The van der Waals surface area contributed by atoms with Crippen molar-refractivity contribution in [2.45, 2.75) is 0 Å². The highest BCUT2D eigenvalue weighted by atomic mass is 32.2. The minimum atomic E-state index is -3.83. The van der Waals surface area contributed by atoms with Gasteiger partial charge in [-0.2, -0.15) is 33.7 Å². The molecule has 0 spiro atoms. The Morgan fingerprint density at radius 2 is 0.571 bits per heavy atom. The molecule has 0 radical (unpaired) electrons. The first-order valence-electron chi connectivity index (χ1n) is 7.75. The minimum absolute atomic E-state index is 0.385. The van der Waals surface area contributed by atoms with Crippen LogP contribution in [0.2, 0.25) is 0 Å². The normalized spacial score (nSPS) is 26.7. The van der Waals surface area contributed by atoms with Crippen molar-refractivity contribution in [3.05, 3.63) is 0 Å². The first-order chi connectivity index (χ1) is 12.4. The first-order valence-corrected chi connectivity index (χ1v) is 15.0. The molecule has 168 valence electrons. The maximum atomic E-state index is 11.3. The van der Waals surface area contributed by atoms with Gasteiger partial charge in [0.2, 0.25) is 0 Å². The lowest BCUT2D eigenvalue weighted by molar-refractivity contribution is -0.0997. The Kier molecular flexibility index (Phi) is 8.43. The molecule has 0 saturated heterocycles. The van der Waals surface area contributed by atoms with Crippen LogP contribution in [0.5, 0.6) is 0 Å². The van der Waals surface area contributed by atoms with Gasteiger partial charge >= 0.3 is 0 Å². The van der Waals surface area contributed by atoms with Crippen molar-refractivity contribution >= 4 is 40.5 Å². The van der Waals surface area contributed by atoms with Crippen molar-refractivity contribution in [1.82, 2.24) is 0 Å². The molecule has 28 heavy (non-hydrogen) atoms. The molecule has 0 N–H and O–H groups in total. The molecule has 0 unspecified atom stereocenters. The van der Waals surface area contributed by atoms with Gasteiger partial charge in [-0.3, -0.25) is 16.7 Å². The molecular weight excluding hydrogens is 464 g/mol. The summed E-state index contributed by atoms with van der Waals surface area (Å²) in [6.07, 6.45) is 3.28. The summed E-state index contributed by atoms with van der Waals surface area (Å²) < 4.78 is 109. The van der Waals surface area contributed by atoms with Gasteiger partial charge in [0.05, 0.1) is 51.5 Å². The summed E-state index contributed by atoms with van der Waals surface area (Å²) in [5.41, 5.74) is 0. The molecule has 16 heteroatoms. The zero-order valence-corrected chi connectivity index (χ0v) is 18.9. The van der Waals surface area contributed by atoms with Gasteiger partial charge in [-0.05, 0) is 23.7 Å². The van der Waals surface area contributed by atoms with Crippen molar-refractivity contribution < 1.29 is 50.4 Å². The highest BCUT2D eigenvalue weighted by Crippen LogP contribution is 2.47. The smallest absolute Gasteiger partial charge is 0.264 e. The third-order valence-corrected chi connectivity index (χ3v) is 6.35. The highest BCUT2D eigenvalue weighted by Gasteiger charge is 2.51. The molecule has 12 nitrogen and oxygen atoms in total. The number of hydrogen-bond acceptors (Lipinski definition) is 12. The summed E-state index contributed by atoms with van der Waals surface area (Å²) in [6, 6.07) is 0. The van der Waals surface area contributed by atoms with Crippen LogP contribution in [-0.2, 0) is 57.2 Å². The molecule has 1 rings (SSSR count). The molecule has 0 aromatic carbocycles. The minimum Gasteiger partial charge on any atom is -0.270 e. The summed E-state index contributed by atoms with van der Waals surface area (Å²) in [5, 5.41) is 0. The van der Waals surface area contributed by atoms with Crippen LogP contribution < -0.4 is 0 Å². The molecular formula is C12H24O12S4. The maximum absolute atomic E-state index is 11.3. The Bertz CT molecular complexity index is 780. The summed E-state index contributed by atoms with van der Waals surface area (Å²) in [5.74, 6) is -2.70. The van der Waals surface area contributed by atoms with E-state index < -0.39 is 64.1 Å². The molecule has 0 atom stereocenters. The zero-order valence-electron chi connectivity index (χ0n) is 15.7. The zero-order chi connectivity index (χ0) is 22.0. The van der Waals surface area contributed by atoms with E-state index in [-0.39, 0.29) is 26.4 Å². The van der Waals surface area contributed by atoms with Crippen molar-refractivity contribution in [2.24, 2.45) is 23.7 Å². The Morgan fingerprint density at radius 1 is 0.429 bits per heavy atom. The lowest BCUT2D eigenvalue weighted by atomic mass is 9.57. The fourth-order valence-electron chi connectivity index (χ4n) is 2.92. The van der Waals surface area contributed by atoms with Crippen LogP contribution in [0.4, 0.5) is 0 Å². The average Bonchev–Trinajstić information content (AvgIpc) is 2.40. The van der Waals surface area contributed by atoms with Crippen LogP contribution in [0.1, 0.15) is 0 Å². The fourth-order valence-corrected chi connectivity index (χ4v) is 4.54. The van der Waals surface area contributed by atoms with E-state index in [1.807, 2.05) is 0 Å². The molecule has 1 aliphatic carbocycles. The molecule has 1 saturated carbocycles. The quantitative estimate of drug-likeness (QED) is 0.287. The van der Waals surface area contributed by atoms with Gasteiger partial charge < -0.3 is 0 Å². The molecule has 0 aromatic heterocycles. The molecule has 0 heterocycles. The number of hydrogen-bond donors (Lipinski definition) is 0. The lowest BCUT2D eigenvalue weighted by Crippen LogP contribution is -2.55. The Morgan fingerprint density at radius 3 is 0.679 bits per heavy atom. The van der Waals surface area contributed by atoms with E-state index in [4.69, 9.17) is 16.7 Å². The van der Waals surface area contributed by atoms with Crippen molar-refractivity contribution in [3.63, 3.8) is 0 Å². The second-order valence-electron chi connectivity index (χ2n) is 6.61. The molecule has 1 aliphatic rings. The van der Waals surface area contributed by atoms with Gasteiger partial charge in [0.25, 0.3) is 40.5 Å². The molecule has 1 fully saturated rings. The largest absolute Gasteiger partial charge is 0.270 e. The van der Waals surface area contributed by atoms with Gasteiger partial charge in [0.15, 0.2) is 0 Å². The van der Waals surface area contributed by atoms with Crippen LogP contribution in [0.25, 0.3) is 0 Å². The van der Waals surface area contributed by atoms with E-state index in [9.17, 15) is 33.7 Å². The highest BCUT2D eigenvalue weighted by molar-refractivity contribution is 7.86. The van der Waals surface area contributed by atoms with E-state index >= 15 is 0 Å². The summed E-state index contributed by atoms with van der Waals surface area (Å²) >= 11 is 0. The van der Waals surface area contributed by atoms with Gasteiger partial charge in [0, 0.05) is 0 Å². The Balaban J connectivity index is 3.05. The third kappa shape index (κ3) is 9.91. The van der Waals surface area contributed by atoms with Crippen LogP contribution in [-0.4, -0.2) is 85.1 Å². The van der Waals surface area contributed by atoms with Crippen LogP contribution >= 0.6 is 0 Å². The van der Waals surface area contributed by atoms with E-state index in [1.165, 1.54) is 0 Å². The predicted octanol–water partition coefficient (Wildman–Crippen LogP) is -1.63. The third-order valence-electron chi connectivity index (χ3n) is 4.10. The van der Waals surface area contributed by atoms with Crippen LogP contribution in [0.3, 0.4) is 0 Å². The molecule has 0 aliphatic heterocycles. The van der Waals surface area contributed by atoms with Gasteiger partial charge in [-0.15, -0.1) is 0 Å². The SMILES string of the molecule is CS(=O)(=O)OCC1C(COS(C)(=O)=O)C(COS(C)(=O)=O)C1COS(C)(=O)=O. The van der Waals surface area contributed by atoms with Gasteiger partial charge in [0.1, 0.15) is 0 Å². The second-order valence-corrected chi connectivity index (χ2v) is 13.2. The molecule has 0 aromatic rings. The van der Waals surface area contributed by atoms with Gasteiger partial charge in [-0.1, -0.05) is 0 Å². The monoisotopic (exact) mass is 488 g/mol. The average molecular weight is 489 g/mol. The van der Waals surface area contributed by atoms with Crippen molar-refractivity contribution in [3.8, 4) is 0 Å². The first kappa shape index (κ1) is 25.7. The topological polar surface area (TPSA) is 173 Å². The van der Waals surface area contributed by atoms with Crippen molar-refractivity contribution in [2.75, 3.05) is 51.5 Å². The van der Waals surface area contributed by atoms with E-state index in [0.29, 0.717) is 0 Å². The van der Waals surface area contributed by atoms with Gasteiger partial charge in [-0.25, -0.2) is 0 Å². The Hall–Kier alpha value is -0.360. The summed E-state index contributed by atoms with van der Waals surface area (Å²) in [4.78, 5) is 0. The summed E-state index contributed by atoms with van der Waals surface area (Å²) in [6.45, 7) is -1.54. The summed E-state index contributed by atoms with van der Waals surface area (Å²) in [7, 11) is -15.3. The van der Waals surface area contributed by atoms with Crippen LogP contribution in [0, 0.1) is 23.7 Å². The van der Waals surface area contributed by atoms with E-state index in [2.05, 4.69) is 0 Å². The van der Waals surface area contributed by atoms with Crippen molar-refractivity contribution in [1.29, 1.82) is 0 Å². The van der Waals surface area contributed by atoms with E-state index in [1.54, 1.807) is 0 Å². The van der Waals surface area contributed by atoms with Crippen LogP contribution in [0.15, 0.2) is 0 Å². The predicted molar refractivity (Wildman–Crippen MR) is 97.1 cm³/mol.